The van der Waals surface area contributed by atoms with Crippen molar-refractivity contribution in [1.29, 1.82) is 0 Å². The number of hydrogen-bond acceptors (Lipinski definition) is 4. The maximum Gasteiger partial charge on any atom is 0.330 e. The Balaban J connectivity index is 1.03. The Morgan fingerprint density at radius 2 is 0.911 bits per heavy atom. The summed E-state index contributed by atoms with van der Waals surface area (Å²) >= 11 is 0. The summed E-state index contributed by atoms with van der Waals surface area (Å²) in [7, 11) is 0. The van der Waals surface area contributed by atoms with Gasteiger partial charge in [0.15, 0.2) is 0 Å². The van der Waals surface area contributed by atoms with Gasteiger partial charge in [-0.2, -0.15) is 0 Å². The van der Waals surface area contributed by atoms with Crippen LogP contribution in [0, 0.1) is 23.7 Å². The maximum atomic E-state index is 11.8. The number of carbonyl (C=O) groups is 1. The van der Waals surface area contributed by atoms with Crippen LogP contribution in [0.25, 0.3) is 0 Å². The second-order valence-electron chi connectivity index (χ2n) is 17.2. The highest BCUT2D eigenvalue weighted by atomic mass is 16.5. The van der Waals surface area contributed by atoms with E-state index in [-0.39, 0.29) is 12.1 Å². The van der Waals surface area contributed by atoms with Crippen LogP contribution in [0.5, 0.6) is 0 Å². The van der Waals surface area contributed by atoms with Gasteiger partial charge < -0.3 is 4.74 Å². The zero-order chi connectivity index (χ0) is 31.2. The molecule has 0 N–H and O–H groups in total. The second-order valence-corrected chi connectivity index (χ2v) is 17.2. The van der Waals surface area contributed by atoms with Crippen molar-refractivity contribution in [2.75, 3.05) is 0 Å². The molecule has 6 aliphatic rings. The van der Waals surface area contributed by atoms with Gasteiger partial charge in [-0.05, 0) is 139 Å². The van der Waals surface area contributed by atoms with E-state index in [2.05, 4.69) is 30.2 Å². The van der Waals surface area contributed by atoms with Crippen molar-refractivity contribution >= 4 is 5.97 Å². The predicted octanol–water partition coefficient (Wildman–Crippen LogP) is 10.2. The molecule has 4 atom stereocenters. The summed E-state index contributed by atoms with van der Waals surface area (Å²) in [6.45, 7) is 8.63. The van der Waals surface area contributed by atoms with Gasteiger partial charge in [0.2, 0.25) is 0 Å². The van der Waals surface area contributed by atoms with E-state index in [4.69, 9.17) is 4.74 Å². The van der Waals surface area contributed by atoms with E-state index in [1.54, 1.807) is 0 Å². The molecule has 4 heteroatoms. The third kappa shape index (κ3) is 8.79. The molecule has 4 unspecified atom stereocenters. The minimum atomic E-state index is -0.242. The normalized spacial score (nSPS) is 40.7. The van der Waals surface area contributed by atoms with Gasteiger partial charge in [-0.25, -0.2) is 4.79 Å². The van der Waals surface area contributed by atoms with E-state index >= 15 is 0 Å². The van der Waals surface area contributed by atoms with E-state index in [9.17, 15) is 4.79 Å². The summed E-state index contributed by atoms with van der Waals surface area (Å²) in [6, 6.07) is 4.89. The molecule has 256 valence electrons. The lowest BCUT2D eigenvalue weighted by Gasteiger charge is -2.51. The fourth-order valence-corrected chi connectivity index (χ4v) is 11.9. The topological polar surface area (TPSA) is 32.8 Å². The van der Waals surface area contributed by atoms with Crippen LogP contribution in [0.15, 0.2) is 12.7 Å². The van der Waals surface area contributed by atoms with Crippen LogP contribution in [0.1, 0.15) is 174 Å². The molecule has 0 radical (unpaired) electrons. The molecule has 0 heterocycles. The minimum absolute atomic E-state index is 0.0975. The molecule has 6 aliphatic carbocycles. The quantitative estimate of drug-likeness (QED) is 0.189. The van der Waals surface area contributed by atoms with Gasteiger partial charge in [-0.1, -0.05) is 65.4 Å². The smallest absolute Gasteiger partial charge is 0.330 e. The lowest BCUT2D eigenvalue weighted by molar-refractivity contribution is -0.145. The van der Waals surface area contributed by atoms with Gasteiger partial charge in [-0.3, -0.25) is 9.80 Å². The highest BCUT2D eigenvalue weighted by Gasteiger charge is 2.42. The fraction of sp³-hybridized carbons (Fsp3) is 0.927. The average Bonchev–Trinajstić information content (AvgIpc) is 3.07. The second kappa shape index (κ2) is 16.5. The van der Waals surface area contributed by atoms with Crippen LogP contribution in [0.3, 0.4) is 0 Å². The third-order valence-electron chi connectivity index (χ3n) is 14.2. The lowest BCUT2D eigenvalue weighted by atomic mass is 9.70. The van der Waals surface area contributed by atoms with Gasteiger partial charge in [-0.15, -0.1) is 0 Å². The van der Waals surface area contributed by atoms with Crippen molar-refractivity contribution in [2.24, 2.45) is 23.7 Å². The number of esters is 1. The zero-order valence-corrected chi connectivity index (χ0v) is 29.5. The van der Waals surface area contributed by atoms with Gasteiger partial charge in [0, 0.05) is 42.3 Å². The Hall–Kier alpha value is -0.870. The number of hydrogen-bond donors (Lipinski definition) is 0. The summed E-state index contributed by atoms with van der Waals surface area (Å²) in [5.74, 6) is 3.52. The summed E-state index contributed by atoms with van der Waals surface area (Å²) < 4.78 is 5.67. The standard InChI is InChI=1S/C41H70N2O2/c1-4-41(44)45-40-26-24-37(25-27-40)43(39-15-9-11-31(3)29-39)36-22-18-33(19-23-36)32-16-20-35(21-17-32)42(34-12-6-5-7-13-34)38-14-8-10-30(2)28-38/h4,30-40H,1,5-29H2,2-3H3. The molecule has 0 saturated heterocycles. The maximum absolute atomic E-state index is 11.8. The Bertz CT molecular complexity index is 906. The van der Waals surface area contributed by atoms with E-state index in [1.165, 1.54) is 154 Å². The first-order chi connectivity index (χ1) is 22.0. The van der Waals surface area contributed by atoms with Gasteiger partial charge in [0.05, 0.1) is 0 Å². The first-order valence-electron chi connectivity index (χ1n) is 20.4. The Labute approximate surface area is 277 Å². The summed E-state index contributed by atoms with van der Waals surface area (Å²) in [4.78, 5) is 18.1. The van der Waals surface area contributed by atoms with Crippen LogP contribution in [-0.4, -0.2) is 58.1 Å². The number of carbonyl (C=O) groups excluding carboxylic acids is 1. The Kier molecular flexibility index (Phi) is 12.5. The zero-order valence-electron chi connectivity index (χ0n) is 29.5. The van der Waals surface area contributed by atoms with E-state index in [1.807, 2.05) is 0 Å². The van der Waals surface area contributed by atoms with E-state index in [0.717, 1.165) is 66.7 Å². The summed E-state index contributed by atoms with van der Waals surface area (Å²) in [6.07, 6.45) is 36.5. The van der Waals surface area contributed by atoms with Crippen molar-refractivity contribution in [3.63, 3.8) is 0 Å². The van der Waals surface area contributed by atoms with Crippen molar-refractivity contribution in [3.05, 3.63) is 12.7 Å². The van der Waals surface area contributed by atoms with Crippen molar-refractivity contribution in [1.82, 2.24) is 9.80 Å². The SMILES string of the molecule is C=CC(=O)OC1CCC(N(C2CCC(C3CCC(N(C4CCCCC4)C4CCCC(C)C4)CC3)CC2)C2CCCC(C)C2)CC1. The molecule has 6 fully saturated rings. The summed E-state index contributed by atoms with van der Waals surface area (Å²) in [5.41, 5.74) is 0. The molecule has 0 aromatic heterocycles. The highest BCUT2D eigenvalue weighted by molar-refractivity contribution is 5.81. The number of nitrogens with zero attached hydrogens (tertiary/aromatic N) is 2. The number of ether oxygens (including phenoxy) is 1. The summed E-state index contributed by atoms with van der Waals surface area (Å²) in [5, 5.41) is 0. The van der Waals surface area contributed by atoms with Crippen molar-refractivity contribution in [2.45, 2.75) is 217 Å². The third-order valence-corrected chi connectivity index (χ3v) is 14.2. The molecule has 0 aromatic rings. The largest absolute Gasteiger partial charge is 0.459 e. The molecule has 0 aromatic carbocycles. The molecular weight excluding hydrogens is 552 g/mol. The van der Waals surface area contributed by atoms with E-state index in [0.29, 0.717) is 6.04 Å². The van der Waals surface area contributed by atoms with Crippen molar-refractivity contribution < 1.29 is 9.53 Å². The first-order valence-corrected chi connectivity index (χ1v) is 20.4. The van der Waals surface area contributed by atoms with Gasteiger partial charge in [0.1, 0.15) is 6.10 Å². The van der Waals surface area contributed by atoms with Crippen LogP contribution in [0.2, 0.25) is 0 Å². The van der Waals surface area contributed by atoms with Gasteiger partial charge >= 0.3 is 5.97 Å². The minimum Gasteiger partial charge on any atom is -0.459 e. The Morgan fingerprint density at radius 1 is 0.511 bits per heavy atom. The molecular formula is C41H70N2O2. The van der Waals surface area contributed by atoms with Crippen LogP contribution in [-0.2, 0) is 9.53 Å². The molecule has 0 aliphatic heterocycles. The monoisotopic (exact) mass is 623 g/mol. The molecule has 45 heavy (non-hydrogen) atoms. The van der Waals surface area contributed by atoms with Crippen molar-refractivity contribution in [3.8, 4) is 0 Å². The van der Waals surface area contributed by atoms with Crippen LogP contribution in [0.4, 0.5) is 0 Å². The number of rotatable bonds is 9. The highest BCUT2D eigenvalue weighted by Crippen LogP contribution is 2.45. The molecule has 4 nitrogen and oxygen atoms in total. The van der Waals surface area contributed by atoms with E-state index < -0.39 is 0 Å². The molecule has 6 saturated carbocycles. The van der Waals surface area contributed by atoms with Crippen LogP contribution >= 0.6 is 0 Å². The molecule has 0 spiro atoms. The molecule has 0 bridgehead atoms. The average molecular weight is 623 g/mol. The first kappa shape index (κ1) is 34.0. The molecule has 6 rings (SSSR count). The Morgan fingerprint density at radius 3 is 1.33 bits per heavy atom. The van der Waals surface area contributed by atoms with Crippen LogP contribution < -0.4 is 0 Å². The fourth-order valence-electron chi connectivity index (χ4n) is 11.9. The van der Waals surface area contributed by atoms with Gasteiger partial charge in [0.25, 0.3) is 0 Å². The predicted molar refractivity (Wildman–Crippen MR) is 187 cm³/mol. The lowest BCUT2D eigenvalue weighted by Crippen LogP contribution is -2.54. The molecule has 0 amide bonds.